The van der Waals surface area contributed by atoms with E-state index >= 15 is 0 Å². The van der Waals surface area contributed by atoms with Crippen molar-refractivity contribution in [1.82, 2.24) is 0 Å². The van der Waals surface area contributed by atoms with Crippen LogP contribution in [0.1, 0.15) is 24.2 Å². The summed E-state index contributed by atoms with van der Waals surface area (Å²) in [6.07, 6.45) is -1.35. The van der Waals surface area contributed by atoms with Crippen molar-refractivity contribution in [3.05, 3.63) is 28.3 Å². The van der Waals surface area contributed by atoms with Crippen molar-refractivity contribution in [3.8, 4) is 5.75 Å². The number of hydrogen-bond donors (Lipinski definition) is 1. The lowest BCUT2D eigenvalue weighted by Crippen LogP contribution is -2.15. The SMILES string of the molecule is CCOC(=O)C(O)c1cc(Cl)c(C)c(OC)c1. The molecule has 0 amide bonds. The molecule has 0 saturated heterocycles. The van der Waals surface area contributed by atoms with Gasteiger partial charge >= 0.3 is 5.97 Å². The molecule has 5 heteroatoms. The summed E-state index contributed by atoms with van der Waals surface area (Å²) >= 11 is 5.98. The molecule has 4 nitrogen and oxygen atoms in total. The third-order valence-corrected chi connectivity index (χ3v) is 2.76. The first-order chi connectivity index (χ1) is 8.01. The molecule has 0 radical (unpaired) electrons. The molecule has 1 aromatic rings. The Balaban J connectivity index is 3.06. The number of halogens is 1. The molecule has 0 saturated carbocycles. The van der Waals surface area contributed by atoms with Gasteiger partial charge in [-0.1, -0.05) is 11.6 Å². The molecule has 0 aliphatic heterocycles. The fourth-order valence-electron chi connectivity index (χ4n) is 1.40. The topological polar surface area (TPSA) is 55.8 Å². The molecule has 1 atom stereocenters. The molecular formula is C12H15ClO4. The normalized spacial score (nSPS) is 12.1. The van der Waals surface area contributed by atoms with Crippen molar-refractivity contribution >= 4 is 17.6 Å². The molecule has 0 spiro atoms. The van der Waals surface area contributed by atoms with Gasteiger partial charge in [0.2, 0.25) is 0 Å². The van der Waals surface area contributed by atoms with Gasteiger partial charge in [0.1, 0.15) is 5.75 Å². The Morgan fingerprint density at radius 3 is 2.71 bits per heavy atom. The highest BCUT2D eigenvalue weighted by molar-refractivity contribution is 6.31. The van der Waals surface area contributed by atoms with Crippen molar-refractivity contribution in [2.75, 3.05) is 13.7 Å². The molecule has 0 fully saturated rings. The number of carbonyl (C=O) groups is 1. The summed E-state index contributed by atoms with van der Waals surface area (Å²) in [7, 11) is 1.50. The summed E-state index contributed by atoms with van der Waals surface area (Å²) in [5.41, 5.74) is 1.12. The largest absolute Gasteiger partial charge is 0.496 e. The Morgan fingerprint density at radius 1 is 1.53 bits per heavy atom. The minimum Gasteiger partial charge on any atom is -0.496 e. The second-order valence-electron chi connectivity index (χ2n) is 3.48. The molecular weight excluding hydrogens is 244 g/mol. The van der Waals surface area contributed by atoms with Crippen LogP contribution in [0.3, 0.4) is 0 Å². The Bertz CT molecular complexity index is 417. The van der Waals surface area contributed by atoms with Crippen LogP contribution in [0.4, 0.5) is 0 Å². The molecule has 0 aliphatic rings. The second-order valence-corrected chi connectivity index (χ2v) is 3.89. The van der Waals surface area contributed by atoms with Crippen molar-refractivity contribution in [1.29, 1.82) is 0 Å². The van der Waals surface area contributed by atoms with E-state index in [9.17, 15) is 9.90 Å². The summed E-state index contributed by atoms with van der Waals surface area (Å²) in [4.78, 5) is 11.4. The van der Waals surface area contributed by atoms with E-state index < -0.39 is 12.1 Å². The number of aliphatic hydroxyl groups is 1. The van der Waals surface area contributed by atoms with Gasteiger partial charge in [-0.25, -0.2) is 4.79 Å². The molecule has 1 rings (SSSR count). The average molecular weight is 259 g/mol. The highest BCUT2D eigenvalue weighted by Crippen LogP contribution is 2.30. The van der Waals surface area contributed by atoms with Gasteiger partial charge in [-0.15, -0.1) is 0 Å². The first kappa shape index (κ1) is 13.8. The van der Waals surface area contributed by atoms with Gasteiger partial charge in [0.15, 0.2) is 6.10 Å². The second kappa shape index (κ2) is 5.89. The zero-order valence-corrected chi connectivity index (χ0v) is 10.7. The maximum absolute atomic E-state index is 11.4. The van der Waals surface area contributed by atoms with Crippen LogP contribution < -0.4 is 4.74 Å². The molecule has 0 heterocycles. The van der Waals surface area contributed by atoms with Crippen molar-refractivity contribution in [2.45, 2.75) is 20.0 Å². The van der Waals surface area contributed by atoms with Gasteiger partial charge in [0.25, 0.3) is 0 Å². The van der Waals surface area contributed by atoms with E-state index in [1.54, 1.807) is 19.9 Å². The Labute approximate surface area is 105 Å². The summed E-state index contributed by atoms with van der Waals surface area (Å²) in [5.74, 6) is -0.176. The first-order valence-electron chi connectivity index (χ1n) is 5.20. The Hall–Kier alpha value is -1.26. The summed E-state index contributed by atoms with van der Waals surface area (Å²) in [6, 6.07) is 3.10. The van der Waals surface area contributed by atoms with Crippen LogP contribution in [0.5, 0.6) is 5.75 Å². The van der Waals surface area contributed by atoms with Gasteiger partial charge in [0, 0.05) is 10.6 Å². The van der Waals surface area contributed by atoms with Crippen molar-refractivity contribution in [2.24, 2.45) is 0 Å². The average Bonchev–Trinajstić information content (AvgIpc) is 2.31. The van der Waals surface area contributed by atoms with Crippen molar-refractivity contribution < 1.29 is 19.4 Å². The van der Waals surface area contributed by atoms with E-state index in [4.69, 9.17) is 21.1 Å². The summed E-state index contributed by atoms with van der Waals surface area (Å²) in [5, 5.41) is 10.2. The smallest absolute Gasteiger partial charge is 0.339 e. The maximum atomic E-state index is 11.4. The fourth-order valence-corrected chi connectivity index (χ4v) is 1.62. The van der Waals surface area contributed by atoms with Crippen LogP contribution in [-0.2, 0) is 9.53 Å². The van der Waals surface area contributed by atoms with Crippen LogP contribution >= 0.6 is 11.6 Å². The summed E-state index contributed by atoms with van der Waals surface area (Å²) < 4.78 is 9.84. The third kappa shape index (κ3) is 3.11. The number of benzene rings is 1. The number of hydrogen-bond acceptors (Lipinski definition) is 4. The number of methoxy groups -OCH3 is 1. The standard InChI is InChI=1S/C12H15ClO4/c1-4-17-12(15)11(14)8-5-9(13)7(2)10(6-8)16-3/h5-6,11,14H,4H2,1-3H3. The number of ether oxygens (including phenoxy) is 2. The van der Waals surface area contributed by atoms with E-state index in [0.29, 0.717) is 16.3 Å². The summed E-state index contributed by atoms with van der Waals surface area (Å²) in [6.45, 7) is 3.68. The lowest BCUT2D eigenvalue weighted by atomic mass is 10.1. The van der Waals surface area contributed by atoms with Gasteiger partial charge in [-0.2, -0.15) is 0 Å². The van der Waals surface area contributed by atoms with Gasteiger partial charge in [0.05, 0.1) is 13.7 Å². The minimum absolute atomic E-state index is 0.215. The predicted molar refractivity (Wildman–Crippen MR) is 64.3 cm³/mol. The monoisotopic (exact) mass is 258 g/mol. The van der Waals surface area contributed by atoms with E-state index in [1.807, 2.05) is 0 Å². The predicted octanol–water partition coefficient (Wildman–Crippen LogP) is 2.25. The highest BCUT2D eigenvalue weighted by Gasteiger charge is 2.20. The quantitative estimate of drug-likeness (QED) is 0.842. The number of rotatable bonds is 4. The van der Waals surface area contributed by atoms with Gasteiger partial charge in [-0.05, 0) is 31.5 Å². The van der Waals surface area contributed by atoms with Gasteiger partial charge in [-0.3, -0.25) is 0 Å². The van der Waals surface area contributed by atoms with E-state index in [0.717, 1.165) is 5.56 Å². The zero-order valence-electron chi connectivity index (χ0n) is 9.99. The van der Waals surface area contributed by atoms with Crippen LogP contribution in [0.25, 0.3) is 0 Å². The fraction of sp³-hybridized carbons (Fsp3) is 0.417. The number of carbonyl (C=O) groups excluding carboxylic acids is 1. The number of aliphatic hydroxyl groups excluding tert-OH is 1. The lowest BCUT2D eigenvalue weighted by molar-refractivity contribution is -0.153. The molecule has 0 bridgehead atoms. The zero-order chi connectivity index (χ0) is 13.0. The molecule has 94 valence electrons. The molecule has 0 aliphatic carbocycles. The van der Waals surface area contributed by atoms with E-state index in [2.05, 4.69) is 0 Å². The molecule has 0 aromatic heterocycles. The molecule has 1 unspecified atom stereocenters. The Kier molecular flexibility index (Phi) is 4.78. The van der Waals surface area contributed by atoms with Crippen LogP contribution in [0, 0.1) is 6.92 Å². The van der Waals surface area contributed by atoms with E-state index in [1.165, 1.54) is 13.2 Å². The lowest BCUT2D eigenvalue weighted by Gasteiger charge is -2.13. The van der Waals surface area contributed by atoms with E-state index in [-0.39, 0.29) is 6.61 Å². The highest BCUT2D eigenvalue weighted by atomic mass is 35.5. The first-order valence-corrected chi connectivity index (χ1v) is 5.57. The Morgan fingerprint density at radius 2 is 2.18 bits per heavy atom. The number of esters is 1. The van der Waals surface area contributed by atoms with Crippen molar-refractivity contribution in [3.63, 3.8) is 0 Å². The molecule has 1 aromatic carbocycles. The third-order valence-electron chi connectivity index (χ3n) is 2.36. The van der Waals surface area contributed by atoms with Gasteiger partial charge < -0.3 is 14.6 Å². The minimum atomic E-state index is -1.35. The molecule has 1 N–H and O–H groups in total. The van der Waals surface area contributed by atoms with Crippen LogP contribution in [0.15, 0.2) is 12.1 Å². The molecule has 17 heavy (non-hydrogen) atoms. The van der Waals surface area contributed by atoms with Crippen LogP contribution in [-0.4, -0.2) is 24.8 Å². The van der Waals surface area contributed by atoms with Crippen LogP contribution in [0.2, 0.25) is 5.02 Å². The maximum Gasteiger partial charge on any atom is 0.339 e.